The summed E-state index contributed by atoms with van der Waals surface area (Å²) in [5.41, 5.74) is 7.21. The van der Waals surface area contributed by atoms with Crippen LogP contribution in [0.2, 0.25) is 0 Å². The predicted molar refractivity (Wildman–Crippen MR) is 67.7 cm³/mol. The number of rotatable bonds is 3. The summed E-state index contributed by atoms with van der Waals surface area (Å²) in [7, 11) is 0. The maximum absolute atomic E-state index is 9.71. The molecule has 0 spiro atoms. The summed E-state index contributed by atoms with van der Waals surface area (Å²) in [5, 5.41) is 11.8. The first-order valence-electron chi connectivity index (χ1n) is 5.88. The van der Waals surface area contributed by atoms with E-state index in [9.17, 15) is 5.11 Å². The Labute approximate surface area is 101 Å². The van der Waals surface area contributed by atoms with Gasteiger partial charge in [0.15, 0.2) is 0 Å². The van der Waals surface area contributed by atoms with Gasteiger partial charge in [-0.3, -0.25) is 4.90 Å². The number of hydrogen-bond donors (Lipinski definition) is 2. The Hall–Kier alpha value is -0.420. The minimum Gasteiger partial charge on any atom is -0.392 e. The van der Waals surface area contributed by atoms with Crippen molar-refractivity contribution in [2.75, 3.05) is 19.6 Å². The van der Waals surface area contributed by atoms with E-state index in [2.05, 4.69) is 23.3 Å². The monoisotopic (exact) mass is 240 g/mol. The molecule has 2 unspecified atom stereocenters. The number of nitrogens with two attached hydrogens (primary N) is 1. The lowest BCUT2D eigenvalue weighted by atomic mass is 10.0. The molecular weight excluding hydrogens is 220 g/mol. The van der Waals surface area contributed by atoms with E-state index in [4.69, 9.17) is 5.73 Å². The molecule has 0 amide bonds. The maximum atomic E-state index is 9.71. The fraction of sp³-hybridized carbons (Fsp3) is 0.667. The van der Waals surface area contributed by atoms with E-state index < -0.39 is 0 Å². The van der Waals surface area contributed by atoms with Crippen LogP contribution in [0.4, 0.5) is 0 Å². The highest BCUT2D eigenvalue weighted by atomic mass is 32.1. The topological polar surface area (TPSA) is 49.5 Å². The van der Waals surface area contributed by atoms with Crippen LogP contribution in [0.5, 0.6) is 0 Å². The van der Waals surface area contributed by atoms with Crippen LogP contribution in [-0.4, -0.2) is 35.7 Å². The summed E-state index contributed by atoms with van der Waals surface area (Å²) in [6, 6.07) is 2.43. The third kappa shape index (κ3) is 2.46. The van der Waals surface area contributed by atoms with Crippen molar-refractivity contribution in [2.45, 2.75) is 31.9 Å². The van der Waals surface area contributed by atoms with Gasteiger partial charge < -0.3 is 10.8 Å². The molecule has 16 heavy (non-hydrogen) atoms. The van der Waals surface area contributed by atoms with Crippen molar-refractivity contribution in [3.63, 3.8) is 0 Å². The van der Waals surface area contributed by atoms with Gasteiger partial charge in [-0.25, -0.2) is 0 Å². The fourth-order valence-electron chi connectivity index (χ4n) is 2.41. The van der Waals surface area contributed by atoms with Crippen LogP contribution in [0.3, 0.4) is 0 Å². The largest absolute Gasteiger partial charge is 0.392 e. The first kappa shape index (κ1) is 12.0. The van der Waals surface area contributed by atoms with Crippen molar-refractivity contribution in [1.82, 2.24) is 4.90 Å². The first-order valence-corrected chi connectivity index (χ1v) is 6.76. The average molecular weight is 240 g/mol. The Balaban J connectivity index is 2.13. The van der Waals surface area contributed by atoms with E-state index in [-0.39, 0.29) is 12.1 Å². The molecule has 1 fully saturated rings. The zero-order chi connectivity index (χ0) is 11.5. The molecule has 0 radical (unpaired) electrons. The number of piperidine rings is 1. The molecule has 0 saturated carbocycles. The van der Waals surface area contributed by atoms with Gasteiger partial charge in [0.1, 0.15) is 0 Å². The standard InChI is InChI=1S/C12H20N2OS/c1-9-4-6-16-12(9)11(7-13)14-5-2-3-10(15)8-14/h4,6,10-11,15H,2-3,5,7-8,13H2,1H3. The van der Waals surface area contributed by atoms with E-state index in [1.807, 2.05) is 0 Å². The van der Waals surface area contributed by atoms with E-state index in [0.29, 0.717) is 6.54 Å². The van der Waals surface area contributed by atoms with E-state index >= 15 is 0 Å². The third-order valence-corrected chi connectivity index (χ3v) is 4.42. The zero-order valence-electron chi connectivity index (χ0n) is 9.72. The minimum absolute atomic E-state index is 0.178. The molecule has 0 aromatic carbocycles. The van der Waals surface area contributed by atoms with Crippen LogP contribution >= 0.6 is 11.3 Å². The molecule has 3 N–H and O–H groups in total. The van der Waals surface area contributed by atoms with Gasteiger partial charge >= 0.3 is 0 Å². The number of nitrogens with zero attached hydrogens (tertiary/aromatic N) is 1. The number of aliphatic hydroxyl groups is 1. The lowest BCUT2D eigenvalue weighted by Crippen LogP contribution is -2.43. The van der Waals surface area contributed by atoms with Gasteiger partial charge in [0.25, 0.3) is 0 Å². The number of aliphatic hydroxyl groups excluding tert-OH is 1. The Kier molecular flexibility index (Phi) is 3.97. The number of likely N-dealkylation sites (tertiary alicyclic amines) is 1. The van der Waals surface area contributed by atoms with Crippen LogP contribution in [0.1, 0.15) is 29.3 Å². The quantitative estimate of drug-likeness (QED) is 0.842. The number of thiophene rings is 1. The summed E-state index contributed by atoms with van der Waals surface area (Å²) < 4.78 is 0. The van der Waals surface area contributed by atoms with Gasteiger partial charge in [-0.05, 0) is 43.3 Å². The number of β-amino-alcohol motifs (C(OH)–C–C–N with tert-alkyl or cyclic N) is 1. The molecule has 1 saturated heterocycles. The first-order chi connectivity index (χ1) is 7.72. The molecule has 4 heteroatoms. The van der Waals surface area contributed by atoms with Crippen LogP contribution in [0.25, 0.3) is 0 Å². The normalized spacial score (nSPS) is 24.6. The summed E-state index contributed by atoms with van der Waals surface area (Å²) in [6.07, 6.45) is 1.82. The van der Waals surface area contributed by atoms with E-state index in [1.165, 1.54) is 10.4 Å². The van der Waals surface area contributed by atoms with Crippen molar-refractivity contribution in [1.29, 1.82) is 0 Å². The van der Waals surface area contributed by atoms with Crippen molar-refractivity contribution in [3.8, 4) is 0 Å². The van der Waals surface area contributed by atoms with Gasteiger partial charge in [-0.15, -0.1) is 11.3 Å². The van der Waals surface area contributed by atoms with Crippen molar-refractivity contribution in [3.05, 3.63) is 21.9 Å². The molecule has 0 aliphatic carbocycles. The lowest BCUT2D eigenvalue weighted by Gasteiger charge is -2.36. The van der Waals surface area contributed by atoms with Crippen molar-refractivity contribution < 1.29 is 5.11 Å². The Bertz CT molecular complexity index is 340. The van der Waals surface area contributed by atoms with Crippen molar-refractivity contribution >= 4 is 11.3 Å². The average Bonchev–Trinajstić information content (AvgIpc) is 2.67. The molecule has 0 bridgehead atoms. The predicted octanol–water partition coefficient (Wildman–Crippen LogP) is 1.51. The summed E-state index contributed by atoms with van der Waals surface area (Å²) >= 11 is 1.77. The second kappa shape index (κ2) is 5.27. The Morgan fingerprint density at radius 3 is 3.06 bits per heavy atom. The smallest absolute Gasteiger partial charge is 0.0667 e. The SMILES string of the molecule is Cc1ccsc1C(CN)N1CCCC(O)C1. The van der Waals surface area contributed by atoms with Crippen LogP contribution in [-0.2, 0) is 0 Å². The molecular formula is C12H20N2OS. The maximum Gasteiger partial charge on any atom is 0.0667 e. The minimum atomic E-state index is -0.178. The van der Waals surface area contributed by atoms with E-state index in [1.54, 1.807) is 11.3 Å². The van der Waals surface area contributed by atoms with E-state index in [0.717, 1.165) is 25.9 Å². The highest BCUT2D eigenvalue weighted by Gasteiger charge is 2.26. The Morgan fingerprint density at radius 2 is 2.50 bits per heavy atom. The second-order valence-electron chi connectivity index (χ2n) is 4.51. The highest BCUT2D eigenvalue weighted by molar-refractivity contribution is 7.10. The molecule has 3 nitrogen and oxygen atoms in total. The molecule has 2 heterocycles. The molecule has 1 aromatic rings. The van der Waals surface area contributed by atoms with Crippen LogP contribution < -0.4 is 5.73 Å². The summed E-state index contributed by atoms with van der Waals surface area (Å²) in [6.45, 7) is 4.58. The van der Waals surface area contributed by atoms with Gasteiger partial charge in [-0.2, -0.15) is 0 Å². The molecule has 1 aliphatic heterocycles. The lowest BCUT2D eigenvalue weighted by molar-refractivity contribution is 0.0487. The molecule has 2 atom stereocenters. The van der Waals surface area contributed by atoms with Gasteiger partial charge in [0, 0.05) is 18.0 Å². The summed E-state index contributed by atoms with van der Waals surface area (Å²) in [5.74, 6) is 0. The molecule has 90 valence electrons. The zero-order valence-corrected chi connectivity index (χ0v) is 10.5. The van der Waals surface area contributed by atoms with Gasteiger partial charge in [0.2, 0.25) is 0 Å². The highest BCUT2D eigenvalue weighted by Crippen LogP contribution is 2.30. The second-order valence-corrected chi connectivity index (χ2v) is 5.46. The number of aryl methyl sites for hydroxylation is 1. The Morgan fingerprint density at radius 1 is 1.69 bits per heavy atom. The molecule has 2 rings (SSSR count). The molecule has 1 aliphatic rings. The van der Waals surface area contributed by atoms with Crippen LogP contribution in [0, 0.1) is 6.92 Å². The van der Waals surface area contributed by atoms with Crippen LogP contribution in [0.15, 0.2) is 11.4 Å². The third-order valence-electron chi connectivity index (χ3n) is 3.30. The van der Waals surface area contributed by atoms with Crippen molar-refractivity contribution in [2.24, 2.45) is 5.73 Å². The summed E-state index contributed by atoms with van der Waals surface area (Å²) in [4.78, 5) is 3.68. The number of hydrogen-bond acceptors (Lipinski definition) is 4. The molecule has 1 aromatic heterocycles. The van der Waals surface area contributed by atoms with Gasteiger partial charge in [-0.1, -0.05) is 0 Å². The van der Waals surface area contributed by atoms with Gasteiger partial charge in [0.05, 0.1) is 12.1 Å². The fourth-order valence-corrected chi connectivity index (χ4v) is 3.49.